The van der Waals surface area contributed by atoms with Gasteiger partial charge in [-0.3, -0.25) is 9.59 Å². The van der Waals surface area contributed by atoms with Gasteiger partial charge in [-0.15, -0.1) is 0 Å². The maximum atomic E-state index is 13.9. The molecule has 246 valence electrons. The fourth-order valence-electron chi connectivity index (χ4n) is 5.26. The Hall–Kier alpha value is -5.41. The van der Waals surface area contributed by atoms with Gasteiger partial charge in [0, 0.05) is 25.9 Å². The molecule has 48 heavy (non-hydrogen) atoms. The Morgan fingerprint density at radius 3 is 2.15 bits per heavy atom. The van der Waals surface area contributed by atoms with E-state index in [4.69, 9.17) is 10.5 Å². The summed E-state index contributed by atoms with van der Waals surface area (Å²) in [6, 6.07) is 35.7. The summed E-state index contributed by atoms with van der Waals surface area (Å²) >= 11 is 0. The number of nitrogens with zero attached hydrogens (tertiary/aromatic N) is 1. The third-order valence-corrected chi connectivity index (χ3v) is 7.86. The van der Waals surface area contributed by atoms with Gasteiger partial charge in [0.05, 0.1) is 17.8 Å². The van der Waals surface area contributed by atoms with Gasteiger partial charge in [0.1, 0.15) is 5.75 Å². The SMILES string of the molecule is Cc1ccc(-c2ccc(CN(C(=O)CCC(=O)NCc3ccccc3C(F)(F)F)c3ccccc3Oc3cccc(CN)c3)cc2)cc1. The molecule has 5 aromatic carbocycles. The maximum absolute atomic E-state index is 13.9. The topological polar surface area (TPSA) is 84.7 Å². The normalized spacial score (nSPS) is 11.2. The predicted molar refractivity (Wildman–Crippen MR) is 181 cm³/mol. The first-order chi connectivity index (χ1) is 23.1. The molecular weight excluding hydrogens is 615 g/mol. The van der Waals surface area contributed by atoms with Gasteiger partial charge in [0.25, 0.3) is 0 Å². The molecule has 9 heteroatoms. The zero-order valence-electron chi connectivity index (χ0n) is 26.5. The number of alkyl halides is 3. The lowest BCUT2D eigenvalue weighted by molar-refractivity contribution is -0.138. The van der Waals surface area contributed by atoms with Crippen LogP contribution in [-0.2, 0) is 35.4 Å². The van der Waals surface area contributed by atoms with Crippen LogP contribution in [0.15, 0.2) is 121 Å². The molecule has 0 heterocycles. The largest absolute Gasteiger partial charge is 0.455 e. The van der Waals surface area contributed by atoms with Crippen molar-refractivity contribution in [3.05, 3.63) is 149 Å². The van der Waals surface area contributed by atoms with E-state index in [-0.39, 0.29) is 37.4 Å². The van der Waals surface area contributed by atoms with E-state index in [1.165, 1.54) is 23.8 Å². The summed E-state index contributed by atoms with van der Waals surface area (Å²) in [6.07, 6.45) is -4.93. The summed E-state index contributed by atoms with van der Waals surface area (Å²) in [5.74, 6) is 0.101. The van der Waals surface area contributed by atoms with Crippen molar-refractivity contribution in [1.29, 1.82) is 0 Å². The smallest absolute Gasteiger partial charge is 0.416 e. The van der Waals surface area contributed by atoms with E-state index in [2.05, 4.69) is 29.6 Å². The van der Waals surface area contributed by atoms with Crippen LogP contribution in [0.25, 0.3) is 11.1 Å². The van der Waals surface area contributed by atoms with Crippen molar-refractivity contribution in [2.45, 2.75) is 45.6 Å². The number of amides is 2. The third kappa shape index (κ3) is 8.89. The van der Waals surface area contributed by atoms with Crippen LogP contribution in [0.2, 0.25) is 0 Å². The molecule has 0 aliphatic heterocycles. The number of carbonyl (C=O) groups excluding carboxylic acids is 2. The molecule has 0 unspecified atom stereocenters. The summed E-state index contributed by atoms with van der Waals surface area (Å²) in [5.41, 5.74) is 10.5. The van der Waals surface area contributed by atoms with Crippen molar-refractivity contribution < 1.29 is 27.5 Å². The molecule has 5 aromatic rings. The van der Waals surface area contributed by atoms with Crippen molar-refractivity contribution in [3.8, 4) is 22.6 Å². The molecule has 0 aliphatic rings. The highest BCUT2D eigenvalue weighted by Gasteiger charge is 2.33. The lowest BCUT2D eigenvalue weighted by atomic mass is 10.0. The molecule has 3 N–H and O–H groups in total. The molecule has 0 aromatic heterocycles. The number of nitrogens with two attached hydrogens (primary N) is 1. The molecule has 0 spiro atoms. The first-order valence-electron chi connectivity index (χ1n) is 15.5. The van der Waals surface area contributed by atoms with Crippen molar-refractivity contribution in [1.82, 2.24) is 5.32 Å². The number of halogens is 3. The molecule has 5 rings (SSSR count). The van der Waals surface area contributed by atoms with Crippen LogP contribution in [0.1, 0.15) is 40.7 Å². The van der Waals surface area contributed by atoms with Crippen LogP contribution >= 0.6 is 0 Å². The van der Waals surface area contributed by atoms with E-state index in [0.717, 1.165) is 28.3 Å². The summed E-state index contributed by atoms with van der Waals surface area (Å²) in [4.78, 5) is 28.2. The molecule has 0 saturated heterocycles. The standard InChI is InChI=1S/C39H36F3N3O3/c1-27-13-17-30(18-14-27)31-19-15-28(16-20-31)26-45(35-11-4-5-12-36(35)48-33-9-6-7-29(23-33)24-43)38(47)22-21-37(46)44-25-32-8-2-3-10-34(32)39(40,41)42/h2-20,23H,21-22,24-26,43H2,1H3,(H,44,46). The average Bonchev–Trinajstić information content (AvgIpc) is 3.09. The van der Waals surface area contributed by atoms with Gasteiger partial charge in [-0.25, -0.2) is 0 Å². The number of para-hydroxylation sites is 2. The number of aryl methyl sites for hydroxylation is 1. The minimum absolute atomic E-state index is 0.0508. The molecule has 0 fully saturated rings. The highest BCUT2D eigenvalue weighted by Crippen LogP contribution is 2.35. The number of benzene rings is 5. The summed E-state index contributed by atoms with van der Waals surface area (Å²) < 4.78 is 46.5. The molecule has 0 aliphatic carbocycles. The second-order valence-electron chi connectivity index (χ2n) is 11.4. The first kappa shape index (κ1) is 33.9. The van der Waals surface area contributed by atoms with Gasteiger partial charge < -0.3 is 20.7 Å². The van der Waals surface area contributed by atoms with E-state index in [9.17, 15) is 22.8 Å². The zero-order chi connectivity index (χ0) is 34.1. The molecule has 0 saturated carbocycles. The van der Waals surface area contributed by atoms with Crippen LogP contribution in [0.3, 0.4) is 0 Å². The van der Waals surface area contributed by atoms with Crippen LogP contribution in [-0.4, -0.2) is 11.8 Å². The number of rotatable bonds is 12. The minimum Gasteiger partial charge on any atom is -0.455 e. The quantitative estimate of drug-likeness (QED) is 0.142. The van der Waals surface area contributed by atoms with Gasteiger partial charge in [0.15, 0.2) is 5.75 Å². The van der Waals surface area contributed by atoms with Crippen LogP contribution < -0.4 is 20.7 Å². The minimum atomic E-state index is -4.54. The fourth-order valence-corrected chi connectivity index (χ4v) is 5.26. The van der Waals surface area contributed by atoms with E-state index < -0.39 is 17.6 Å². The predicted octanol–water partition coefficient (Wildman–Crippen LogP) is 8.56. The zero-order valence-corrected chi connectivity index (χ0v) is 26.5. The number of carbonyl (C=O) groups is 2. The second-order valence-corrected chi connectivity index (χ2v) is 11.4. The molecule has 0 radical (unpaired) electrons. The maximum Gasteiger partial charge on any atom is 0.416 e. The first-order valence-corrected chi connectivity index (χ1v) is 15.5. The Bertz CT molecular complexity index is 1860. The Balaban J connectivity index is 1.35. The summed E-state index contributed by atoms with van der Waals surface area (Å²) in [7, 11) is 0. The molecule has 2 amide bonds. The van der Waals surface area contributed by atoms with Gasteiger partial charge in [-0.2, -0.15) is 13.2 Å². The lowest BCUT2D eigenvalue weighted by Gasteiger charge is -2.25. The molecule has 0 bridgehead atoms. The Kier molecular flexibility index (Phi) is 10.9. The monoisotopic (exact) mass is 651 g/mol. The van der Waals surface area contributed by atoms with Crippen molar-refractivity contribution in [2.24, 2.45) is 5.73 Å². The van der Waals surface area contributed by atoms with Crippen molar-refractivity contribution in [2.75, 3.05) is 4.90 Å². The summed E-state index contributed by atoms with van der Waals surface area (Å²) in [6.45, 7) is 2.26. The number of hydrogen-bond donors (Lipinski definition) is 2. The molecular formula is C39H36F3N3O3. The third-order valence-electron chi connectivity index (χ3n) is 7.86. The van der Waals surface area contributed by atoms with E-state index in [0.29, 0.717) is 23.7 Å². The number of ether oxygens (including phenoxy) is 1. The highest BCUT2D eigenvalue weighted by molar-refractivity contribution is 5.96. The van der Waals surface area contributed by atoms with Crippen LogP contribution in [0.5, 0.6) is 11.5 Å². The van der Waals surface area contributed by atoms with E-state index in [1.54, 1.807) is 35.2 Å². The van der Waals surface area contributed by atoms with Gasteiger partial charge in [-0.1, -0.05) is 96.6 Å². The van der Waals surface area contributed by atoms with E-state index >= 15 is 0 Å². The number of nitrogens with one attached hydrogen (secondary N) is 1. The average molecular weight is 652 g/mol. The van der Waals surface area contributed by atoms with Gasteiger partial charge in [-0.05, 0) is 65.1 Å². The molecule has 6 nitrogen and oxygen atoms in total. The lowest BCUT2D eigenvalue weighted by Crippen LogP contribution is -2.32. The Morgan fingerprint density at radius 1 is 0.771 bits per heavy atom. The highest BCUT2D eigenvalue weighted by atomic mass is 19.4. The Labute approximate surface area is 278 Å². The van der Waals surface area contributed by atoms with Gasteiger partial charge >= 0.3 is 6.18 Å². The second kappa shape index (κ2) is 15.5. The van der Waals surface area contributed by atoms with Crippen molar-refractivity contribution in [3.63, 3.8) is 0 Å². The van der Waals surface area contributed by atoms with Crippen LogP contribution in [0, 0.1) is 6.92 Å². The van der Waals surface area contributed by atoms with E-state index in [1.807, 2.05) is 49.4 Å². The number of anilines is 1. The van der Waals surface area contributed by atoms with Gasteiger partial charge in [0.2, 0.25) is 11.8 Å². The van der Waals surface area contributed by atoms with Crippen LogP contribution in [0.4, 0.5) is 18.9 Å². The number of hydrogen-bond acceptors (Lipinski definition) is 4. The fraction of sp³-hybridized carbons (Fsp3) is 0.179. The summed E-state index contributed by atoms with van der Waals surface area (Å²) in [5, 5.41) is 2.53. The molecule has 0 atom stereocenters. The Morgan fingerprint density at radius 2 is 1.44 bits per heavy atom. The van der Waals surface area contributed by atoms with Crippen molar-refractivity contribution >= 4 is 17.5 Å².